The van der Waals surface area contributed by atoms with Crippen LogP contribution in [0.1, 0.15) is 44.2 Å². The molecule has 3 atom stereocenters. The van der Waals surface area contributed by atoms with Crippen LogP contribution in [0.2, 0.25) is 0 Å². The standard InChI is InChI=1S/C15H21NO2S/c1-11-5-4-7-13(11)16-14-9-10-19(17,18)15-8-3-2-6-12(14)15/h2-3,6,8,11,13-14,16H,4-5,7,9-10H2,1H3. The number of fused-ring (bicyclic) bond motifs is 1. The smallest absolute Gasteiger partial charge is 0.178 e. The lowest BCUT2D eigenvalue weighted by Gasteiger charge is -2.30. The highest BCUT2D eigenvalue weighted by Crippen LogP contribution is 2.34. The second-order valence-electron chi connectivity index (χ2n) is 5.88. The van der Waals surface area contributed by atoms with E-state index in [9.17, 15) is 8.42 Å². The average molecular weight is 279 g/mol. The minimum absolute atomic E-state index is 0.199. The topological polar surface area (TPSA) is 46.2 Å². The monoisotopic (exact) mass is 279 g/mol. The minimum atomic E-state index is -3.06. The number of nitrogens with one attached hydrogen (secondary N) is 1. The van der Waals surface area contributed by atoms with Crippen LogP contribution in [-0.2, 0) is 9.84 Å². The van der Waals surface area contributed by atoms with Crippen molar-refractivity contribution in [2.75, 3.05) is 5.75 Å². The van der Waals surface area contributed by atoms with E-state index in [-0.39, 0.29) is 11.8 Å². The summed E-state index contributed by atoms with van der Waals surface area (Å²) in [5.74, 6) is 0.966. The highest BCUT2D eigenvalue weighted by Gasteiger charge is 2.33. The molecule has 1 aromatic carbocycles. The summed E-state index contributed by atoms with van der Waals surface area (Å²) in [5.41, 5.74) is 0.966. The van der Waals surface area contributed by atoms with Crippen molar-refractivity contribution >= 4 is 9.84 Å². The molecule has 3 rings (SSSR count). The minimum Gasteiger partial charge on any atom is -0.307 e. The van der Waals surface area contributed by atoms with Gasteiger partial charge in [-0.1, -0.05) is 31.5 Å². The quantitative estimate of drug-likeness (QED) is 0.905. The first-order valence-corrected chi connectivity index (χ1v) is 8.81. The van der Waals surface area contributed by atoms with E-state index in [1.807, 2.05) is 18.2 Å². The number of hydrogen-bond acceptors (Lipinski definition) is 3. The highest BCUT2D eigenvalue weighted by molar-refractivity contribution is 7.91. The summed E-state index contributed by atoms with van der Waals surface area (Å²) in [6.45, 7) is 2.29. The van der Waals surface area contributed by atoms with E-state index < -0.39 is 9.84 Å². The molecular formula is C15H21NO2S. The molecule has 1 N–H and O–H groups in total. The van der Waals surface area contributed by atoms with Crippen molar-refractivity contribution in [3.8, 4) is 0 Å². The zero-order chi connectivity index (χ0) is 13.5. The summed E-state index contributed by atoms with van der Waals surface area (Å²) in [7, 11) is -3.06. The van der Waals surface area contributed by atoms with Crippen LogP contribution in [0.4, 0.5) is 0 Å². The van der Waals surface area contributed by atoms with E-state index in [1.165, 1.54) is 19.3 Å². The first-order chi connectivity index (χ1) is 9.08. The molecule has 0 aromatic heterocycles. The van der Waals surface area contributed by atoms with E-state index in [0.717, 1.165) is 5.56 Å². The van der Waals surface area contributed by atoms with Gasteiger partial charge < -0.3 is 5.32 Å². The SMILES string of the molecule is CC1CCCC1NC1CCS(=O)(=O)c2ccccc21. The fourth-order valence-electron chi connectivity index (χ4n) is 3.41. The Bertz CT molecular complexity index is 567. The van der Waals surface area contributed by atoms with Crippen LogP contribution < -0.4 is 5.32 Å². The van der Waals surface area contributed by atoms with E-state index in [0.29, 0.717) is 23.3 Å². The lowest BCUT2D eigenvalue weighted by atomic mass is 9.99. The third kappa shape index (κ3) is 2.43. The van der Waals surface area contributed by atoms with Crippen LogP contribution in [0.5, 0.6) is 0 Å². The Morgan fingerprint density at radius 1 is 1.16 bits per heavy atom. The van der Waals surface area contributed by atoms with Gasteiger partial charge in [-0.3, -0.25) is 0 Å². The number of hydrogen-bond donors (Lipinski definition) is 1. The van der Waals surface area contributed by atoms with Crippen molar-refractivity contribution in [2.45, 2.75) is 49.6 Å². The van der Waals surface area contributed by atoms with Crippen molar-refractivity contribution in [1.82, 2.24) is 5.32 Å². The van der Waals surface area contributed by atoms with E-state index in [1.54, 1.807) is 6.07 Å². The molecule has 4 heteroatoms. The van der Waals surface area contributed by atoms with Crippen LogP contribution in [0, 0.1) is 5.92 Å². The maximum Gasteiger partial charge on any atom is 0.178 e. The van der Waals surface area contributed by atoms with E-state index in [2.05, 4.69) is 12.2 Å². The van der Waals surface area contributed by atoms with Gasteiger partial charge in [0, 0.05) is 12.1 Å². The van der Waals surface area contributed by atoms with Gasteiger partial charge in [-0.25, -0.2) is 8.42 Å². The van der Waals surface area contributed by atoms with Crippen molar-refractivity contribution in [2.24, 2.45) is 5.92 Å². The van der Waals surface area contributed by atoms with Crippen LogP contribution in [0.25, 0.3) is 0 Å². The zero-order valence-electron chi connectivity index (χ0n) is 11.3. The van der Waals surface area contributed by atoms with Crippen molar-refractivity contribution < 1.29 is 8.42 Å². The fraction of sp³-hybridized carbons (Fsp3) is 0.600. The lowest BCUT2D eigenvalue weighted by Crippen LogP contribution is -2.38. The Morgan fingerprint density at radius 2 is 1.95 bits per heavy atom. The molecule has 0 saturated heterocycles. The Kier molecular flexibility index (Phi) is 3.39. The van der Waals surface area contributed by atoms with Crippen LogP contribution >= 0.6 is 0 Å². The molecule has 1 aliphatic heterocycles. The molecule has 1 fully saturated rings. The number of benzene rings is 1. The number of rotatable bonds is 2. The molecule has 3 nitrogen and oxygen atoms in total. The molecule has 0 spiro atoms. The predicted molar refractivity (Wildman–Crippen MR) is 75.8 cm³/mol. The molecule has 104 valence electrons. The van der Waals surface area contributed by atoms with Gasteiger partial charge in [-0.05, 0) is 36.8 Å². The van der Waals surface area contributed by atoms with E-state index in [4.69, 9.17) is 0 Å². The summed E-state index contributed by atoms with van der Waals surface area (Å²) in [4.78, 5) is 0.532. The van der Waals surface area contributed by atoms with Crippen LogP contribution in [0.15, 0.2) is 29.2 Å². The second-order valence-corrected chi connectivity index (χ2v) is 7.96. The molecule has 0 amide bonds. The maximum atomic E-state index is 12.1. The summed E-state index contributed by atoms with van der Waals surface area (Å²) in [5, 5.41) is 3.70. The molecule has 0 radical (unpaired) electrons. The molecule has 0 bridgehead atoms. The molecular weight excluding hydrogens is 258 g/mol. The second kappa shape index (κ2) is 4.91. The van der Waals surface area contributed by atoms with Crippen molar-refractivity contribution in [1.29, 1.82) is 0 Å². The molecule has 3 unspecified atom stereocenters. The normalized spacial score (nSPS) is 33.0. The zero-order valence-corrected chi connectivity index (χ0v) is 12.1. The first-order valence-electron chi connectivity index (χ1n) is 7.15. The van der Waals surface area contributed by atoms with Gasteiger partial charge in [0.2, 0.25) is 0 Å². The number of sulfone groups is 1. The predicted octanol–water partition coefficient (Wildman–Crippen LogP) is 2.68. The van der Waals surface area contributed by atoms with Gasteiger partial charge in [0.15, 0.2) is 9.84 Å². The maximum absolute atomic E-state index is 12.1. The van der Waals surface area contributed by atoms with Crippen molar-refractivity contribution in [3.05, 3.63) is 29.8 Å². The van der Waals surface area contributed by atoms with Gasteiger partial charge in [-0.2, -0.15) is 0 Å². The first kappa shape index (κ1) is 13.1. The summed E-state index contributed by atoms with van der Waals surface area (Å²) >= 11 is 0. The van der Waals surface area contributed by atoms with Crippen molar-refractivity contribution in [3.63, 3.8) is 0 Å². The fourth-order valence-corrected chi connectivity index (χ4v) is 5.04. The van der Waals surface area contributed by atoms with Gasteiger partial charge in [-0.15, -0.1) is 0 Å². The van der Waals surface area contributed by atoms with Gasteiger partial charge >= 0.3 is 0 Å². The Morgan fingerprint density at radius 3 is 2.68 bits per heavy atom. The van der Waals surface area contributed by atoms with Crippen LogP contribution in [0.3, 0.4) is 0 Å². The van der Waals surface area contributed by atoms with Gasteiger partial charge in [0.05, 0.1) is 10.6 Å². The lowest BCUT2D eigenvalue weighted by molar-refractivity contribution is 0.363. The Hall–Kier alpha value is -0.870. The highest BCUT2D eigenvalue weighted by atomic mass is 32.2. The summed E-state index contributed by atoms with van der Waals surface area (Å²) in [6.07, 6.45) is 4.48. The molecule has 1 aliphatic carbocycles. The average Bonchev–Trinajstić information content (AvgIpc) is 2.79. The van der Waals surface area contributed by atoms with Crippen LogP contribution in [-0.4, -0.2) is 20.2 Å². The third-order valence-electron chi connectivity index (χ3n) is 4.58. The van der Waals surface area contributed by atoms with E-state index >= 15 is 0 Å². The largest absolute Gasteiger partial charge is 0.307 e. The molecule has 1 saturated carbocycles. The van der Waals surface area contributed by atoms with Gasteiger partial charge in [0.25, 0.3) is 0 Å². The molecule has 2 aliphatic rings. The Labute approximate surface area is 115 Å². The molecule has 1 heterocycles. The molecule has 1 aromatic rings. The summed E-state index contributed by atoms with van der Waals surface area (Å²) in [6, 6.07) is 8.20. The Balaban J connectivity index is 1.88. The summed E-state index contributed by atoms with van der Waals surface area (Å²) < 4.78 is 24.2. The van der Waals surface area contributed by atoms with Gasteiger partial charge in [0.1, 0.15) is 0 Å². The third-order valence-corrected chi connectivity index (χ3v) is 6.40. The molecule has 19 heavy (non-hydrogen) atoms.